The second kappa shape index (κ2) is 10.5. The van der Waals surface area contributed by atoms with E-state index in [9.17, 15) is 9.59 Å². The molecule has 1 aromatic carbocycles. The van der Waals surface area contributed by atoms with Gasteiger partial charge in [0.2, 0.25) is 0 Å². The molecule has 0 unspecified atom stereocenters. The fourth-order valence-corrected chi connectivity index (χ4v) is 2.76. The Hall–Kier alpha value is -2.30. The highest BCUT2D eigenvalue weighted by Gasteiger charge is 2.08. The molecule has 0 aliphatic carbocycles. The summed E-state index contributed by atoms with van der Waals surface area (Å²) in [5.74, 6) is -0.453. The van der Waals surface area contributed by atoms with Crippen LogP contribution in [0.15, 0.2) is 41.2 Å². The average molecular weight is 345 g/mol. The van der Waals surface area contributed by atoms with Crippen LogP contribution in [0.2, 0.25) is 0 Å². The molecule has 136 valence electrons. The Morgan fingerprint density at radius 3 is 2.36 bits per heavy atom. The summed E-state index contributed by atoms with van der Waals surface area (Å²) in [5.41, 5.74) is 0.188. The molecule has 0 aliphatic rings. The molecule has 5 nitrogen and oxygen atoms in total. The summed E-state index contributed by atoms with van der Waals surface area (Å²) < 4.78 is 1.00. The summed E-state index contributed by atoms with van der Waals surface area (Å²) >= 11 is 0. The number of nitrogens with zero attached hydrogens (tertiary/aromatic N) is 1. The number of hydrogen-bond donors (Lipinski definition) is 0. The van der Waals surface area contributed by atoms with E-state index in [1.165, 1.54) is 38.2 Å². The van der Waals surface area contributed by atoms with Crippen LogP contribution in [0.5, 0.6) is 0 Å². The standard InChI is InChI=1S/C20H27NO4/c1-2-3-4-5-6-7-8-9-14-20(23)24-25-21-18-13-11-10-12-17(18)15-16-19(21)22/h10-13,15-16H,2-9,14H2,1H3. The Balaban J connectivity index is 1.70. The number of para-hydroxylation sites is 1. The van der Waals surface area contributed by atoms with E-state index >= 15 is 0 Å². The summed E-state index contributed by atoms with van der Waals surface area (Å²) in [5, 5.41) is 0.834. The Kier molecular flexibility index (Phi) is 8.02. The van der Waals surface area contributed by atoms with Gasteiger partial charge in [0.15, 0.2) is 0 Å². The summed E-state index contributed by atoms with van der Waals surface area (Å²) in [6.45, 7) is 2.21. The lowest BCUT2D eigenvalue weighted by Crippen LogP contribution is -2.28. The predicted molar refractivity (Wildman–Crippen MR) is 98.1 cm³/mol. The maximum Gasteiger partial charge on any atom is 0.357 e. The molecule has 5 heteroatoms. The average Bonchev–Trinajstić information content (AvgIpc) is 2.63. The molecule has 0 amide bonds. The summed E-state index contributed by atoms with van der Waals surface area (Å²) in [7, 11) is 0. The third-order valence-electron chi connectivity index (χ3n) is 4.20. The first kappa shape index (κ1) is 19.0. The highest BCUT2D eigenvalue weighted by molar-refractivity contribution is 5.78. The van der Waals surface area contributed by atoms with Crippen LogP contribution >= 0.6 is 0 Å². The lowest BCUT2D eigenvalue weighted by atomic mass is 10.1. The van der Waals surface area contributed by atoms with Gasteiger partial charge in [-0.25, -0.2) is 9.68 Å². The maximum atomic E-state index is 11.9. The van der Waals surface area contributed by atoms with Gasteiger partial charge < -0.3 is 0 Å². The molecule has 1 heterocycles. The maximum absolute atomic E-state index is 11.9. The second-order valence-electron chi connectivity index (χ2n) is 6.28. The van der Waals surface area contributed by atoms with Crippen molar-refractivity contribution in [2.24, 2.45) is 0 Å². The smallest absolute Gasteiger partial charge is 0.266 e. The van der Waals surface area contributed by atoms with Crippen LogP contribution in [0.4, 0.5) is 0 Å². The number of rotatable bonds is 11. The minimum Gasteiger partial charge on any atom is -0.266 e. The van der Waals surface area contributed by atoms with Crippen molar-refractivity contribution in [3.05, 3.63) is 46.8 Å². The number of carbonyl (C=O) groups excluding carboxylic acids is 1. The molecule has 0 atom stereocenters. The monoisotopic (exact) mass is 345 g/mol. The van der Waals surface area contributed by atoms with Gasteiger partial charge in [0, 0.05) is 11.5 Å². The number of carbonyl (C=O) groups is 1. The van der Waals surface area contributed by atoms with Crippen molar-refractivity contribution in [3.8, 4) is 0 Å². The van der Waals surface area contributed by atoms with Crippen LogP contribution in [0.25, 0.3) is 10.9 Å². The fraction of sp³-hybridized carbons (Fsp3) is 0.500. The minimum atomic E-state index is -0.453. The molecule has 2 rings (SSSR count). The third kappa shape index (κ3) is 6.25. The highest BCUT2D eigenvalue weighted by atomic mass is 17.3. The SMILES string of the molecule is CCCCCCCCCCC(=O)OOn1c(=O)ccc2ccccc21. The van der Waals surface area contributed by atoms with E-state index in [-0.39, 0.29) is 5.56 Å². The van der Waals surface area contributed by atoms with E-state index < -0.39 is 5.97 Å². The lowest BCUT2D eigenvalue weighted by Gasteiger charge is -2.08. The molecule has 0 fully saturated rings. The van der Waals surface area contributed by atoms with Crippen molar-refractivity contribution in [1.82, 2.24) is 4.73 Å². The lowest BCUT2D eigenvalue weighted by molar-refractivity contribution is -0.270. The van der Waals surface area contributed by atoms with Crippen LogP contribution < -0.4 is 10.5 Å². The van der Waals surface area contributed by atoms with E-state index in [1.54, 1.807) is 18.2 Å². The summed E-state index contributed by atoms with van der Waals surface area (Å²) in [6.07, 6.45) is 9.57. The van der Waals surface area contributed by atoms with Gasteiger partial charge in [0.05, 0.1) is 11.9 Å². The van der Waals surface area contributed by atoms with Gasteiger partial charge in [-0.1, -0.05) is 74.8 Å². The van der Waals surface area contributed by atoms with Gasteiger partial charge in [-0.15, -0.1) is 0 Å². The van der Waals surface area contributed by atoms with E-state index in [4.69, 9.17) is 9.88 Å². The van der Waals surface area contributed by atoms with E-state index in [0.29, 0.717) is 11.9 Å². The molecule has 0 spiro atoms. The van der Waals surface area contributed by atoms with E-state index in [0.717, 1.165) is 29.4 Å². The van der Waals surface area contributed by atoms with Crippen molar-refractivity contribution in [2.45, 2.75) is 64.7 Å². The molecule has 0 bridgehead atoms. The Labute approximate surface area is 148 Å². The van der Waals surface area contributed by atoms with Gasteiger partial charge in [0.25, 0.3) is 5.56 Å². The first-order chi connectivity index (χ1) is 12.2. The van der Waals surface area contributed by atoms with Gasteiger partial charge >= 0.3 is 5.97 Å². The number of fused-ring (bicyclic) bond motifs is 1. The Morgan fingerprint density at radius 2 is 1.60 bits per heavy atom. The molecule has 0 saturated heterocycles. The van der Waals surface area contributed by atoms with Crippen LogP contribution in [-0.2, 0) is 9.68 Å². The normalized spacial score (nSPS) is 10.8. The topological polar surface area (TPSA) is 57.5 Å². The Morgan fingerprint density at radius 1 is 0.920 bits per heavy atom. The van der Waals surface area contributed by atoms with Crippen LogP contribution in [0.3, 0.4) is 0 Å². The molecule has 0 N–H and O–H groups in total. The first-order valence-corrected chi connectivity index (χ1v) is 9.21. The number of hydrogen-bond acceptors (Lipinski definition) is 4. The quantitative estimate of drug-likeness (QED) is 0.344. The molecule has 2 aromatic rings. The molecular formula is C20H27NO4. The van der Waals surface area contributed by atoms with Gasteiger partial charge in [0.1, 0.15) is 0 Å². The predicted octanol–water partition coefficient (Wildman–Crippen LogP) is 4.42. The van der Waals surface area contributed by atoms with Gasteiger partial charge in [-0.2, -0.15) is 4.99 Å². The zero-order valence-electron chi connectivity index (χ0n) is 14.9. The molecular weight excluding hydrogens is 318 g/mol. The van der Waals surface area contributed by atoms with E-state index in [2.05, 4.69) is 6.92 Å². The number of pyridine rings is 1. The minimum absolute atomic E-state index is 0.300. The molecule has 0 radical (unpaired) electrons. The molecule has 25 heavy (non-hydrogen) atoms. The van der Waals surface area contributed by atoms with Crippen molar-refractivity contribution >= 4 is 16.9 Å². The molecule has 1 aromatic heterocycles. The van der Waals surface area contributed by atoms with Crippen LogP contribution in [0.1, 0.15) is 64.7 Å². The van der Waals surface area contributed by atoms with Gasteiger partial charge in [-0.05, 0) is 18.6 Å². The molecule has 0 aliphatic heterocycles. The zero-order valence-corrected chi connectivity index (χ0v) is 14.9. The van der Waals surface area contributed by atoms with Crippen LogP contribution in [0, 0.1) is 0 Å². The number of benzene rings is 1. The zero-order chi connectivity index (χ0) is 17.9. The fourth-order valence-electron chi connectivity index (χ4n) is 2.76. The molecule has 0 saturated carbocycles. The first-order valence-electron chi connectivity index (χ1n) is 9.21. The van der Waals surface area contributed by atoms with Crippen molar-refractivity contribution < 1.29 is 14.7 Å². The van der Waals surface area contributed by atoms with Crippen molar-refractivity contribution in [2.75, 3.05) is 0 Å². The van der Waals surface area contributed by atoms with Crippen molar-refractivity contribution in [1.29, 1.82) is 0 Å². The largest absolute Gasteiger partial charge is 0.357 e. The van der Waals surface area contributed by atoms with Gasteiger partial charge in [-0.3, -0.25) is 4.79 Å². The van der Waals surface area contributed by atoms with E-state index in [1.807, 2.05) is 12.1 Å². The van der Waals surface area contributed by atoms with Crippen LogP contribution in [-0.4, -0.2) is 10.7 Å². The van der Waals surface area contributed by atoms with Crippen molar-refractivity contribution in [3.63, 3.8) is 0 Å². The second-order valence-corrected chi connectivity index (χ2v) is 6.28. The third-order valence-corrected chi connectivity index (χ3v) is 4.20. The summed E-state index contributed by atoms with van der Waals surface area (Å²) in [4.78, 5) is 33.5. The summed E-state index contributed by atoms with van der Waals surface area (Å²) in [6, 6.07) is 10.4. The number of unbranched alkanes of at least 4 members (excludes halogenated alkanes) is 7. The highest BCUT2D eigenvalue weighted by Crippen LogP contribution is 2.11. The number of aromatic nitrogens is 1. The Bertz CT molecular complexity index is 723.